The fourth-order valence-corrected chi connectivity index (χ4v) is 1.63. The molecular weight excluding hydrogens is 190 g/mol. The average Bonchev–Trinajstić information content (AvgIpc) is 2.28. The molecule has 1 aliphatic rings. The van der Waals surface area contributed by atoms with Gasteiger partial charge in [0.05, 0.1) is 12.2 Å². The normalized spacial score (nSPS) is 14.9. The number of carbonyl (C=O) groups is 1. The standard InChI is InChI=1S/C12H13NO2/c1-2-5-12(14)13-8-9-15-11-7-4-3-6-10(11)13/h2-7H,8-9H2,1H3. The third-order valence-corrected chi connectivity index (χ3v) is 2.30. The summed E-state index contributed by atoms with van der Waals surface area (Å²) < 4.78 is 5.46. The Morgan fingerprint density at radius 2 is 2.27 bits per heavy atom. The van der Waals surface area contributed by atoms with E-state index in [0.717, 1.165) is 11.4 Å². The van der Waals surface area contributed by atoms with Crippen LogP contribution >= 0.6 is 0 Å². The Kier molecular flexibility index (Phi) is 2.72. The van der Waals surface area contributed by atoms with Gasteiger partial charge in [0.1, 0.15) is 12.4 Å². The summed E-state index contributed by atoms with van der Waals surface area (Å²) >= 11 is 0. The van der Waals surface area contributed by atoms with Crippen LogP contribution in [-0.2, 0) is 4.79 Å². The van der Waals surface area contributed by atoms with Crippen LogP contribution in [0, 0.1) is 0 Å². The van der Waals surface area contributed by atoms with E-state index in [0.29, 0.717) is 13.2 Å². The first kappa shape index (κ1) is 9.77. The van der Waals surface area contributed by atoms with Crippen LogP contribution in [-0.4, -0.2) is 19.1 Å². The molecule has 0 bridgehead atoms. The van der Waals surface area contributed by atoms with Gasteiger partial charge in [-0.25, -0.2) is 0 Å². The largest absolute Gasteiger partial charge is 0.490 e. The minimum Gasteiger partial charge on any atom is -0.490 e. The Balaban J connectivity index is 2.33. The SMILES string of the molecule is CC=CC(=O)N1CCOc2ccccc21. The molecule has 0 N–H and O–H groups in total. The zero-order valence-electron chi connectivity index (χ0n) is 8.64. The van der Waals surface area contributed by atoms with Crippen molar-refractivity contribution in [2.45, 2.75) is 6.92 Å². The Morgan fingerprint density at radius 3 is 3.07 bits per heavy atom. The number of allylic oxidation sites excluding steroid dienone is 1. The minimum absolute atomic E-state index is 0.00764. The summed E-state index contributed by atoms with van der Waals surface area (Å²) in [5.74, 6) is 0.787. The molecule has 15 heavy (non-hydrogen) atoms. The van der Waals surface area contributed by atoms with Gasteiger partial charge >= 0.3 is 0 Å². The third kappa shape index (κ3) is 1.86. The van der Waals surface area contributed by atoms with Crippen LogP contribution in [0.3, 0.4) is 0 Å². The molecule has 0 atom stereocenters. The van der Waals surface area contributed by atoms with Gasteiger partial charge < -0.3 is 9.64 Å². The number of benzene rings is 1. The van der Waals surface area contributed by atoms with Gasteiger partial charge in [0.15, 0.2) is 0 Å². The summed E-state index contributed by atoms with van der Waals surface area (Å²) in [4.78, 5) is 13.5. The number of anilines is 1. The Hall–Kier alpha value is -1.77. The van der Waals surface area contributed by atoms with Crippen LogP contribution in [0.5, 0.6) is 5.75 Å². The molecule has 1 aromatic rings. The van der Waals surface area contributed by atoms with Crippen molar-refractivity contribution < 1.29 is 9.53 Å². The quantitative estimate of drug-likeness (QED) is 0.653. The molecule has 1 aromatic carbocycles. The molecule has 0 fully saturated rings. The summed E-state index contributed by atoms with van der Waals surface area (Å²) in [5, 5.41) is 0. The van der Waals surface area contributed by atoms with Crippen molar-refractivity contribution in [3.05, 3.63) is 36.4 Å². The van der Waals surface area contributed by atoms with Crippen LogP contribution in [0.15, 0.2) is 36.4 Å². The van der Waals surface area contributed by atoms with Gasteiger partial charge in [0.2, 0.25) is 0 Å². The predicted octanol–water partition coefficient (Wildman–Crippen LogP) is 1.99. The predicted molar refractivity (Wildman–Crippen MR) is 59.1 cm³/mol. The molecule has 0 saturated carbocycles. The Bertz CT molecular complexity index is 398. The summed E-state index contributed by atoms with van der Waals surface area (Å²) in [6.45, 7) is 3.00. The molecule has 1 heterocycles. The van der Waals surface area contributed by atoms with Crippen molar-refractivity contribution in [3.8, 4) is 5.75 Å². The van der Waals surface area contributed by atoms with E-state index in [-0.39, 0.29) is 5.91 Å². The monoisotopic (exact) mass is 203 g/mol. The minimum atomic E-state index is 0.00764. The molecule has 2 rings (SSSR count). The van der Waals surface area contributed by atoms with Gasteiger partial charge in [-0.05, 0) is 25.1 Å². The lowest BCUT2D eigenvalue weighted by Crippen LogP contribution is -2.36. The number of para-hydroxylation sites is 2. The molecule has 0 radical (unpaired) electrons. The molecule has 0 aromatic heterocycles. The van der Waals surface area contributed by atoms with E-state index in [4.69, 9.17) is 4.74 Å². The van der Waals surface area contributed by atoms with Crippen LogP contribution in [0.4, 0.5) is 5.69 Å². The topological polar surface area (TPSA) is 29.5 Å². The zero-order valence-corrected chi connectivity index (χ0v) is 8.64. The van der Waals surface area contributed by atoms with Crippen molar-refractivity contribution in [3.63, 3.8) is 0 Å². The van der Waals surface area contributed by atoms with Crippen molar-refractivity contribution in [2.24, 2.45) is 0 Å². The van der Waals surface area contributed by atoms with Gasteiger partial charge in [-0.3, -0.25) is 4.79 Å². The molecule has 1 aliphatic heterocycles. The van der Waals surface area contributed by atoms with E-state index in [2.05, 4.69) is 0 Å². The highest BCUT2D eigenvalue weighted by atomic mass is 16.5. The summed E-state index contributed by atoms with van der Waals surface area (Å²) in [6, 6.07) is 7.59. The van der Waals surface area contributed by atoms with Crippen molar-refractivity contribution in [2.75, 3.05) is 18.1 Å². The molecule has 0 unspecified atom stereocenters. The number of nitrogens with zero attached hydrogens (tertiary/aromatic N) is 1. The van der Waals surface area contributed by atoms with Crippen LogP contribution < -0.4 is 9.64 Å². The number of fused-ring (bicyclic) bond motifs is 1. The molecule has 1 amide bonds. The highest BCUT2D eigenvalue weighted by molar-refractivity contribution is 6.02. The van der Waals surface area contributed by atoms with E-state index < -0.39 is 0 Å². The first-order valence-corrected chi connectivity index (χ1v) is 4.99. The van der Waals surface area contributed by atoms with Crippen LogP contribution in [0.2, 0.25) is 0 Å². The fraction of sp³-hybridized carbons (Fsp3) is 0.250. The summed E-state index contributed by atoms with van der Waals surface area (Å²) in [7, 11) is 0. The smallest absolute Gasteiger partial charge is 0.250 e. The molecular formula is C12H13NO2. The van der Waals surface area contributed by atoms with Gasteiger partial charge in [-0.2, -0.15) is 0 Å². The highest BCUT2D eigenvalue weighted by Crippen LogP contribution is 2.30. The number of rotatable bonds is 1. The van der Waals surface area contributed by atoms with Gasteiger partial charge in [-0.15, -0.1) is 0 Å². The Morgan fingerprint density at radius 1 is 1.47 bits per heavy atom. The summed E-state index contributed by atoms with van der Waals surface area (Å²) in [5.41, 5.74) is 0.854. The first-order valence-electron chi connectivity index (χ1n) is 4.99. The van der Waals surface area contributed by atoms with E-state index >= 15 is 0 Å². The maximum atomic E-state index is 11.7. The maximum absolute atomic E-state index is 11.7. The second-order valence-electron chi connectivity index (χ2n) is 3.31. The lowest BCUT2D eigenvalue weighted by atomic mass is 10.2. The van der Waals surface area contributed by atoms with Gasteiger partial charge in [0, 0.05) is 0 Å². The second kappa shape index (κ2) is 4.17. The van der Waals surface area contributed by atoms with Crippen molar-refractivity contribution >= 4 is 11.6 Å². The molecule has 3 heteroatoms. The van der Waals surface area contributed by atoms with E-state index in [1.54, 1.807) is 17.1 Å². The van der Waals surface area contributed by atoms with Crippen molar-refractivity contribution in [1.29, 1.82) is 0 Å². The summed E-state index contributed by atoms with van der Waals surface area (Å²) in [6.07, 6.45) is 3.32. The highest BCUT2D eigenvalue weighted by Gasteiger charge is 2.20. The maximum Gasteiger partial charge on any atom is 0.250 e. The lowest BCUT2D eigenvalue weighted by Gasteiger charge is -2.28. The van der Waals surface area contributed by atoms with Crippen LogP contribution in [0.1, 0.15) is 6.92 Å². The fourth-order valence-electron chi connectivity index (χ4n) is 1.63. The molecule has 0 aliphatic carbocycles. The number of hydrogen-bond acceptors (Lipinski definition) is 2. The van der Waals surface area contributed by atoms with Crippen LogP contribution in [0.25, 0.3) is 0 Å². The van der Waals surface area contributed by atoms with E-state index in [1.807, 2.05) is 31.2 Å². The first-order chi connectivity index (χ1) is 7.33. The Labute approximate surface area is 89.0 Å². The van der Waals surface area contributed by atoms with Gasteiger partial charge in [0.25, 0.3) is 5.91 Å². The average molecular weight is 203 g/mol. The second-order valence-corrected chi connectivity index (χ2v) is 3.31. The number of carbonyl (C=O) groups excluding carboxylic acids is 1. The molecule has 0 spiro atoms. The molecule has 0 saturated heterocycles. The van der Waals surface area contributed by atoms with E-state index in [1.165, 1.54) is 0 Å². The third-order valence-electron chi connectivity index (χ3n) is 2.30. The zero-order chi connectivity index (χ0) is 10.7. The van der Waals surface area contributed by atoms with E-state index in [9.17, 15) is 4.79 Å². The molecule has 3 nitrogen and oxygen atoms in total. The number of ether oxygens (including phenoxy) is 1. The molecule has 78 valence electrons. The lowest BCUT2D eigenvalue weighted by molar-refractivity contribution is -0.114. The van der Waals surface area contributed by atoms with Gasteiger partial charge in [-0.1, -0.05) is 18.2 Å². The van der Waals surface area contributed by atoms with Crippen molar-refractivity contribution in [1.82, 2.24) is 0 Å². The number of amides is 1. The number of hydrogen-bond donors (Lipinski definition) is 0.